The van der Waals surface area contributed by atoms with E-state index >= 15 is 0 Å². The Hall–Kier alpha value is -3.85. The van der Waals surface area contributed by atoms with Crippen LogP contribution < -0.4 is 29.3 Å². The number of anilines is 1. The maximum atomic E-state index is 13.7. The van der Waals surface area contributed by atoms with Crippen molar-refractivity contribution in [1.82, 2.24) is 4.57 Å². The van der Waals surface area contributed by atoms with E-state index < -0.39 is 12.0 Å². The molecule has 1 unspecified atom stereocenters. The van der Waals surface area contributed by atoms with Gasteiger partial charge in [-0.05, 0) is 55.3 Å². The zero-order valence-corrected chi connectivity index (χ0v) is 22.0. The second-order valence-corrected chi connectivity index (χ2v) is 9.41. The number of hydrogen-bond donors (Lipinski definition) is 0. The quantitative estimate of drug-likeness (QED) is 0.458. The molecular weight excluding hydrogens is 478 g/mol. The number of aromatic nitrogens is 1. The standard InChI is InChI=1S/C27H29N3O5S/c1-7-35-26(32)23-16(2)28-27-30(24(23)18-10-13-20(33-5)21(15-18)34-6)25(31)22(36-27)14-17-8-11-19(12-9-17)29(3)4/h8-15,24H,7H2,1-6H3/b22-14+. The van der Waals surface area contributed by atoms with Gasteiger partial charge in [-0.2, -0.15) is 0 Å². The third kappa shape index (κ3) is 4.66. The predicted molar refractivity (Wildman–Crippen MR) is 141 cm³/mol. The summed E-state index contributed by atoms with van der Waals surface area (Å²) in [7, 11) is 7.05. The van der Waals surface area contributed by atoms with Crippen LogP contribution in [0.25, 0.3) is 6.08 Å². The van der Waals surface area contributed by atoms with E-state index in [1.54, 1.807) is 44.8 Å². The van der Waals surface area contributed by atoms with E-state index in [4.69, 9.17) is 14.2 Å². The Morgan fingerprint density at radius 3 is 2.42 bits per heavy atom. The first-order chi connectivity index (χ1) is 17.3. The van der Waals surface area contributed by atoms with Crippen molar-refractivity contribution in [2.75, 3.05) is 39.8 Å². The minimum atomic E-state index is -0.724. The van der Waals surface area contributed by atoms with E-state index in [9.17, 15) is 9.59 Å². The number of benzene rings is 2. The van der Waals surface area contributed by atoms with Crippen LogP contribution in [0.1, 0.15) is 31.0 Å². The van der Waals surface area contributed by atoms with Gasteiger partial charge in [0.1, 0.15) is 0 Å². The smallest absolute Gasteiger partial charge is 0.338 e. The molecule has 9 heteroatoms. The molecule has 0 aliphatic carbocycles. The highest BCUT2D eigenvalue weighted by atomic mass is 32.1. The maximum Gasteiger partial charge on any atom is 0.338 e. The highest BCUT2D eigenvalue weighted by Gasteiger charge is 2.33. The Balaban J connectivity index is 1.92. The summed E-state index contributed by atoms with van der Waals surface area (Å²) in [6, 6.07) is 12.6. The summed E-state index contributed by atoms with van der Waals surface area (Å²) in [5, 5.41) is 0. The van der Waals surface area contributed by atoms with E-state index in [1.807, 2.05) is 55.4 Å². The molecule has 1 aromatic heterocycles. The molecule has 0 N–H and O–H groups in total. The first kappa shape index (κ1) is 25.2. The molecule has 1 aliphatic heterocycles. The molecule has 0 radical (unpaired) electrons. The number of carbonyl (C=O) groups is 1. The van der Waals surface area contributed by atoms with E-state index in [2.05, 4.69) is 4.99 Å². The average molecular weight is 508 g/mol. The molecule has 4 rings (SSSR count). The van der Waals surface area contributed by atoms with Gasteiger partial charge in [-0.15, -0.1) is 0 Å². The number of allylic oxidation sites excluding steroid dienone is 1. The number of thiazole rings is 1. The number of nitrogens with zero attached hydrogens (tertiary/aromatic N) is 3. The summed E-state index contributed by atoms with van der Waals surface area (Å²) in [5.41, 5.74) is 3.25. The van der Waals surface area contributed by atoms with Gasteiger partial charge in [-0.3, -0.25) is 9.36 Å². The lowest BCUT2D eigenvalue weighted by Crippen LogP contribution is -2.39. The molecule has 0 saturated heterocycles. The second-order valence-electron chi connectivity index (χ2n) is 8.40. The van der Waals surface area contributed by atoms with Crippen molar-refractivity contribution in [3.05, 3.63) is 84.5 Å². The van der Waals surface area contributed by atoms with Gasteiger partial charge < -0.3 is 19.1 Å². The van der Waals surface area contributed by atoms with Crippen LogP contribution in [0.5, 0.6) is 11.5 Å². The Kier molecular flexibility index (Phi) is 7.30. The Morgan fingerprint density at radius 1 is 1.11 bits per heavy atom. The largest absolute Gasteiger partial charge is 0.493 e. The minimum Gasteiger partial charge on any atom is -0.493 e. The highest BCUT2D eigenvalue weighted by molar-refractivity contribution is 7.07. The lowest BCUT2D eigenvalue weighted by atomic mass is 9.95. The number of carbonyl (C=O) groups excluding carboxylic acids is 1. The van der Waals surface area contributed by atoms with Crippen LogP contribution in [0, 0.1) is 0 Å². The van der Waals surface area contributed by atoms with E-state index in [0.29, 0.717) is 37.7 Å². The summed E-state index contributed by atoms with van der Waals surface area (Å²) < 4.78 is 18.3. The monoisotopic (exact) mass is 507 g/mol. The molecule has 0 saturated carbocycles. The van der Waals surface area contributed by atoms with Gasteiger partial charge in [-0.1, -0.05) is 29.5 Å². The van der Waals surface area contributed by atoms with Crippen LogP contribution in [-0.4, -0.2) is 45.5 Å². The number of fused-ring (bicyclic) bond motifs is 1. The molecular formula is C27H29N3O5S. The van der Waals surface area contributed by atoms with E-state index in [0.717, 1.165) is 11.3 Å². The molecule has 0 spiro atoms. The summed E-state index contributed by atoms with van der Waals surface area (Å²) in [6.45, 7) is 3.72. The zero-order valence-electron chi connectivity index (χ0n) is 21.2. The number of rotatable bonds is 7. The Labute approximate surface area is 213 Å². The van der Waals surface area contributed by atoms with Crippen molar-refractivity contribution >= 4 is 29.1 Å². The fourth-order valence-corrected chi connectivity index (χ4v) is 5.20. The number of hydrogen-bond acceptors (Lipinski definition) is 8. The van der Waals surface area contributed by atoms with Crippen LogP contribution in [0.15, 0.2) is 63.5 Å². The first-order valence-corrected chi connectivity index (χ1v) is 12.3. The maximum absolute atomic E-state index is 13.7. The van der Waals surface area contributed by atoms with E-state index in [1.165, 1.54) is 11.3 Å². The molecule has 36 heavy (non-hydrogen) atoms. The lowest BCUT2D eigenvalue weighted by molar-refractivity contribution is -0.139. The number of ether oxygens (including phenoxy) is 3. The van der Waals surface area contributed by atoms with Gasteiger partial charge in [0.25, 0.3) is 5.56 Å². The molecule has 0 amide bonds. The number of methoxy groups -OCH3 is 2. The third-order valence-corrected chi connectivity index (χ3v) is 6.93. The van der Waals surface area contributed by atoms with Crippen molar-refractivity contribution in [3.63, 3.8) is 0 Å². The van der Waals surface area contributed by atoms with Crippen molar-refractivity contribution in [2.45, 2.75) is 19.9 Å². The van der Waals surface area contributed by atoms with Crippen LogP contribution in [0.2, 0.25) is 0 Å². The van der Waals surface area contributed by atoms with Gasteiger partial charge in [-0.25, -0.2) is 9.79 Å². The highest BCUT2D eigenvalue weighted by Crippen LogP contribution is 2.36. The lowest BCUT2D eigenvalue weighted by Gasteiger charge is -2.25. The van der Waals surface area contributed by atoms with Crippen molar-refractivity contribution in [3.8, 4) is 11.5 Å². The van der Waals surface area contributed by atoms with Crippen molar-refractivity contribution in [1.29, 1.82) is 0 Å². The van der Waals surface area contributed by atoms with Crippen LogP contribution in [0.3, 0.4) is 0 Å². The Bertz CT molecular complexity index is 1500. The average Bonchev–Trinajstić information content (AvgIpc) is 3.17. The minimum absolute atomic E-state index is 0.210. The third-order valence-electron chi connectivity index (χ3n) is 5.95. The second kappa shape index (κ2) is 10.4. The van der Waals surface area contributed by atoms with Gasteiger partial charge in [0.05, 0.1) is 42.7 Å². The van der Waals surface area contributed by atoms with Crippen molar-refractivity contribution < 1.29 is 19.0 Å². The molecule has 0 bridgehead atoms. The van der Waals surface area contributed by atoms with Gasteiger partial charge >= 0.3 is 5.97 Å². The molecule has 188 valence electrons. The summed E-state index contributed by atoms with van der Waals surface area (Å²) in [4.78, 5) is 33.9. The molecule has 3 aromatic rings. The fraction of sp³-hybridized carbons (Fsp3) is 0.296. The van der Waals surface area contributed by atoms with Crippen LogP contribution >= 0.6 is 11.3 Å². The fourth-order valence-electron chi connectivity index (χ4n) is 4.15. The van der Waals surface area contributed by atoms with Crippen LogP contribution in [-0.2, 0) is 9.53 Å². The molecule has 1 atom stereocenters. The number of esters is 1. The normalized spacial score (nSPS) is 15.3. The SMILES string of the molecule is CCOC(=O)C1=C(C)N=c2s/c(=C/c3ccc(N(C)C)cc3)c(=O)n2C1c1ccc(OC)c(OC)c1. The summed E-state index contributed by atoms with van der Waals surface area (Å²) >= 11 is 1.29. The van der Waals surface area contributed by atoms with Crippen LogP contribution in [0.4, 0.5) is 5.69 Å². The van der Waals surface area contributed by atoms with Gasteiger partial charge in [0.2, 0.25) is 0 Å². The molecule has 1 aliphatic rings. The first-order valence-electron chi connectivity index (χ1n) is 11.5. The Morgan fingerprint density at radius 2 is 1.81 bits per heavy atom. The van der Waals surface area contributed by atoms with Crippen molar-refractivity contribution in [2.24, 2.45) is 4.99 Å². The van der Waals surface area contributed by atoms with Gasteiger partial charge in [0.15, 0.2) is 16.3 Å². The summed E-state index contributed by atoms with van der Waals surface area (Å²) in [6.07, 6.45) is 1.85. The molecule has 2 heterocycles. The molecule has 8 nitrogen and oxygen atoms in total. The summed E-state index contributed by atoms with van der Waals surface area (Å²) in [5.74, 6) is 0.538. The topological polar surface area (TPSA) is 82.4 Å². The molecule has 2 aromatic carbocycles. The van der Waals surface area contributed by atoms with E-state index in [-0.39, 0.29) is 12.2 Å². The predicted octanol–water partition coefficient (Wildman–Crippen LogP) is 2.88. The van der Waals surface area contributed by atoms with Gasteiger partial charge in [0, 0.05) is 19.8 Å². The molecule has 0 fully saturated rings. The zero-order chi connectivity index (χ0) is 26.0.